The van der Waals surface area contributed by atoms with Crippen molar-refractivity contribution in [2.24, 2.45) is 0 Å². The second-order valence-electron chi connectivity index (χ2n) is 5.99. The molecule has 0 heterocycles. The zero-order chi connectivity index (χ0) is 18.5. The third kappa shape index (κ3) is 4.85. The molecule has 132 valence electrons. The zero-order valence-electron chi connectivity index (χ0n) is 14.2. The van der Waals surface area contributed by atoms with Gasteiger partial charge in [-0.2, -0.15) is 0 Å². The molecule has 1 atom stereocenters. The molecule has 0 fully saturated rings. The van der Waals surface area contributed by atoms with Crippen molar-refractivity contribution in [1.82, 2.24) is 5.32 Å². The molecule has 1 unspecified atom stereocenters. The van der Waals surface area contributed by atoms with Crippen LogP contribution in [0.4, 0.5) is 5.69 Å². The van der Waals surface area contributed by atoms with Crippen LogP contribution in [0, 0.1) is 6.92 Å². The Hall–Kier alpha value is -1.88. The van der Waals surface area contributed by atoms with Gasteiger partial charge in [-0.05, 0) is 64.4 Å². The lowest BCUT2D eigenvalue weighted by molar-refractivity contribution is 0.768. The van der Waals surface area contributed by atoms with Gasteiger partial charge >= 0.3 is 0 Å². The third-order valence-electron chi connectivity index (χ3n) is 3.96. The van der Waals surface area contributed by atoms with Gasteiger partial charge in [-0.15, -0.1) is 0 Å². The van der Waals surface area contributed by atoms with E-state index >= 15 is 0 Å². The van der Waals surface area contributed by atoms with Crippen LogP contribution in [0.1, 0.15) is 22.7 Å². The summed E-state index contributed by atoms with van der Waals surface area (Å²) in [6.07, 6.45) is 0. The Morgan fingerprint density at radius 1 is 0.962 bits per heavy atom. The van der Waals surface area contributed by atoms with Crippen LogP contribution in [0.25, 0.3) is 0 Å². The molecule has 0 saturated carbocycles. The van der Waals surface area contributed by atoms with Crippen molar-refractivity contribution in [1.29, 1.82) is 0 Å². The van der Waals surface area contributed by atoms with Gasteiger partial charge in [0.2, 0.25) is 0 Å². The highest BCUT2D eigenvalue weighted by molar-refractivity contribution is 9.10. The second kappa shape index (κ2) is 8.67. The molecule has 0 spiro atoms. The summed E-state index contributed by atoms with van der Waals surface area (Å²) in [7, 11) is 0. The van der Waals surface area contributed by atoms with Crippen molar-refractivity contribution in [2.75, 3.05) is 5.32 Å². The Morgan fingerprint density at radius 3 is 2.38 bits per heavy atom. The summed E-state index contributed by atoms with van der Waals surface area (Å²) in [6, 6.07) is 24.3. The quantitative estimate of drug-likeness (QED) is 0.449. The molecule has 0 aliphatic carbocycles. The monoisotopic (exact) mass is 444 g/mol. The molecule has 2 N–H and O–H groups in total. The number of halogens is 2. The van der Waals surface area contributed by atoms with Gasteiger partial charge < -0.3 is 10.6 Å². The van der Waals surface area contributed by atoms with E-state index in [4.69, 9.17) is 23.8 Å². The van der Waals surface area contributed by atoms with Crippen LogP contribution in [0.3, 0.4) is 0 Å². The number of aryl methyl sites for hydroxylation is 1. The summed E-state index contributed by atoms with van der Waals surface area (Å²) in [5.41, 5.74) is 4.36. The lowest BCUT2D eigenvalue weighted by Crippen LogP contribution is -2.33. The largest absolute Gasteiger partial charge is 0.352 e. The summed E-state index contributed by atoms with van der Waals surface area (Å²) in [6.45, 7) is 2.09. The molecule has 3 rings (SSSR count). The molecule has 0 amide bonds. The lowest BCUT2D eigenvalue weighted by atomic mass is 9.97. The highest BCUT2D eigenvalue weighted by Gasteiger charge is 2.15. The number of benzene rings is 3. The Balaban J connectivity index is 1.83. The fraction of sp³-hybridized carbons (Fsp3) is 0.0952. The maximum Gasteiger partial charge on any atom is 0.171 e. The summed E-state index contributed by atoms with van der Waals surface area (Å²) in [5, 5.41) is 7.81. The zero-order valence-corrected chi connectivity index (χ0v) is 17.3. The van der Waals surface area contributed by atoms with Gasteiger partial charge in [0, 0.05) is 10.2 Å². The van der Waals surface area contributed by atoms with Gasteiger partial charge in [-0.3, -0.25) is 0 Å². The SMILES string of the molecule is Cc1cccc(C(NC(=S)Nc2ccc(Br)c(Cl)c2)c2ccccc2)c1. The predicted octanol–water partition coefficient (Wildman–Crippen LogP) is 6.49. The summed E-state index contributed by atoms with van der Waals surface area (Å²) < 4.78 is 0.852. The van der Waals surface area contributed by atoms with Crippen LogP contribution in [0.2, 0.25) is 5.02 Å². The maximum atomic E-state index is 6.16. The third-order valence-corrected chi connectivity index (χ3v) is 5.41. The highest BCUT2D eigenvalue weighted by Crippen LogP contribution is 2.26. The van der Waals surface area contributed by atoms with Crippen molar-refractivity contribution in [2.45, 2.75) is 13.0 Å². The molecule has 26 heavy (non-hydrogen) atoms. The van der Waals surface area contributed by atoms with E-state index in [1.165, 1.54) is 5.56 Å². The minimum absolute atomic E-state index is 0.0398. The molecular formula is C21H18BrClN2S. The first-order valence-electron chi connectivity index (χ1n) is 8.17. The lowest BCUT2D eigenvalue weighted by Gasteiger charge is -2.22. The number of thiocarbonyl (C=S) groups is 1. The van der Waals surface area contributed by atoms with Crippen LogP contribution in [-0.4, -0.2) is 5.11 Å². The second-order valence-corrected chi connectivity index (χ2v) is 7.65. The Morgan fingerprint density at radius 2 is 1.69 bits per heavy atom. The molecule has 3 aromatic rings. The molecule has 0 aromatic heterocycles. The molecule has 5 heteroatoms. The van der Waals surface area contributed by atoms with Crippen molar-refractivity contribution in [3.05, 3.63) is 99.0 Å². The molecule has 0 radical (unpaired) electrons. The molecule has 0 aliphatic heterocycles. The van der Waals surface area contributed by atoms with E-state index < -0.39 is 0 Å². The molecule has 3 aromatic carbocycles. The minimum atomic E-state index is -0.0398. The van der Waals surface area contributed by atoms with Gasteiger partial charge in [0.15, 0.2) is 5.11 Å². The summed E-state index contributed by atoms with van der Waals surface area (Å²) in [5.74, 6) is 0. The summed E-state index contributed by atoms with van der Waals surface area (Å²) >= 11 is 15.1. The first-order chi connectivity index (χ1) is 12.5. The minimum Gasteiger partial charge on any atom is -0.352 e. The molecule has 2 nitrogen and oxygen atoms in total. The number of hydrogen-bond acceptors (Lipinski definition) is 1. The number of anilines is 1. The average Bonchev–Trinajstić information content (AvgIpc) is 2.63. The molecule has 0 saturated heterocycles. The number of hydrogen-bond donors (Lipinski definition) is 2. The van der Waals surface area contributed by atoms with Gasteiger partial charge in [-0.1, -0.05) is 71.8 Å². The van der Waals surface area contributed by atoms with Crippen molar-refractivity contribution in [3.8, 4) is 0 Å². The maximum absolute atomic E-state index is 6.16. The van der Waals surface area contributed by atoms with E-state index in [9.17, 15) is 0 Å². The molecule has 0 aliphatic rings. The van der Waals surface area contributed by atoms with E-state index in [2.05, 4.69) is 69.9 Å². The van der Waals surface area contributed by atoms with Crippen molar-refractivity contribution < 1.29 is 0 Å². The van der Waals surface area contributed by atoms with E-state index in [-0.39, 0.29) is 6.04 Å². The van der Waals surface area contributed by atoms with Crippen LogP contribution in [0.5, 0.6) is 0 Å². The van der Waals surface area contributed by atoms with Crippen LogP contribution in [-0.2, 0) is 0 Å². The van der Waals surface area contributed by atoms with Crippen LogP contribution < -0.4 is 10.6 Å². The fourth-order valence-corrected chi connectivity index (χ4v) is 3.39. The van der Waals surface area contributed by atoms with Crippen molar-refractivity contribution >= 4 is 50.5 Å². The first kappa shape index (κ1) is 18.9. The van der Waals surface area contributed by atoms with Gasteiger partial charge in [-0.25, -0.2) is 0 Å². The normalized spacial score (nSPS) is 11.7. The standard InChI is InChI=1S/C21H18BrClN2S/c1-14-6-5-9-16(12-14)20(15-7-3-2-4-8-15)25-21(26)24-17-10-11-18(22)19(23)13-17/h2-13,20H,1H3,(H2,24,25,26). The predicted molar refractivity (Wildman–Crippen MR) is 118 cm³/mol. The van der Waals surface area contributed by atoms with Crippen molar-refractivity contribution in [3.63, 3.8) is 0 Å². The smallest absolute Gasteiger partial charge is 0.171 e. The fourth-order valence-electron chi connectivity index (χ4n) is 2.73. The molecule has 0 bridgehead atoms. The van der Waals surface area contributed by atoms with Crippen LogP contribution >= 0.6 is 39.7 Å². The Bertz CT molecular complexity index is 915. The van der Waals surface area contributed by atoms with Gasteiger partial charge in [0.25, 0.3) is 0 Å². The van der Waals surface area contributed by atoms with E-state index in [0.29, 0.717) is 10.1 Å². The van der Waals surface area contributed by atoms with Gasteiger partial charge in [0.05, 0.1) is 11.1 Å². The number of rotatable bonds is 4. The topological polar surface area (TPSA) is 24.1 Å². The average molecular weight is 446 g/mol. The molecular weight excluding hydrogens is 428 g/mol. The van der Waals surface area contributed by atoms with E-state index in [0.717, 1.165) is 21.3 Å². The number of nitrogens with one attached hydrogen (secondary N) is 2. The first-order valence-corrected chi connectivity index (χ1v) is 9.75. The van der Waals surface area contributed by atoms with E-state index in [1.807, 2.05) is 36.4 Å². The highest BCUT2D eigenvalue weighted by atomic mass is 79.9. The van der Waals surface area contributed by atoms with Gasteiger partial charge in [0.1, 0.15) is 0 Å². The van der Waals surface area contributed by atoms with E-state index in [1.54, 1.807) is 0 Å². The Kier molecular flexibility index (Phi) is 6.30. The summed E-state index contributed by atoms with van der Waals surface area (Å²) in [4.78, 5) is 0. The van der Waals surface area contributed by atoms with Crippen LogP contribution in [0.15, 0.2) is 77.3 Å². The Labute approximate surface area is 172 Å².